The van der Waals surface area contributed by atoms with E-state index in [-0.39, 0.29) is 0 Å². The fourth-order valence-corrected chi connectivity index (χ4v) is 1.81. The summed E-state index contributed by atoms with van der Waals surface area (Å²) < 4.78 is 7.04. The summed E-state index contributed by atoms with van der Waals surface area (Å²) in [4.78, 5) is 0. The minimum atomic E-state index is 0.468. The molecular formula is C10H15N3OS. The summed E-state index contributed by atoms with van der Waals surface area (Å²) in [6.45, 7) is 8.55. The quantitative estimate of drug-likeness (QED) is 0.525. The van der Waals surface area contributed by atoms with Crippen molar-refractivity contribution in [3.05, 3.63) is 31.1 Å². The molecule has 0 spiro atoms. The number of aromatic nitrogens is 3. The highest BCUT2D eigenvalue weighted by molar-refractivity contribution is 7.99. The highest BCUT2D eigenvalue weighted by atomic mass is 32.2. The zero-order valence-corrected chi connectivity index (χ0v) is 9.66. The minimum Gasteiger partial charge on any atom is -0.377 e. The van der Waals surface area contributed by atoms with Crippen molar-refractivity contribution >= 4 is 11.8 Å². The monoisotopic (exact) mass is 225 g/mol. The van der Waals surface area contributed by atoms with Crippen molar-refractivity contribution < 1.29 is 4.74 Å². The number of nitrogens with zero attached hydrogens (tertiary/aromatic N) is 3. The molecule has 0 amide bonds. The first-order valence-electron chi connectivity index (χ1n) is 4.59. The van der Waals surface area contributed by atoms with Crippen molar-refractivity contribution in [3.8, 4) is 0 Å². The molecule has 0 aliphatic carbocycles. The highest BCUT2D eigenvalue weighted by Gasteiger charge is 2.10. The van der Waals surface area contributed by atoms with Crippen LogP contribution in [0.4, 0.5) is 0 Å². The molecular weight excluding hydrogens is 210 g/mol. The largest absolute Gasteiger partial charge is 0.377 e. The normalized spacial score (nSPS) is 10.2. The molecule has 0 saturated heterocycles. The molecule has 0 saturated carbocycles. The van der Waals surface area contributed by atoms with Crippen LogP contribution in [0.25, 0.3) is 0 Å². The molecule has 0 aromatic carbocycles. The average molecular weight is 225 g/mol. The lowest BCUT2D eigenvalue weighted by atomic mass is 10.5. The fourth-order valence-electron chi connectivity index (χ4n) is 1.11. The van der Waals surface area contributed by atoms with Crippen LogP contribution in [0, 0.1) is 0 Å². The summed E-state index contributed by atoms with van der Waals surface area (Å²) >= 11 is 1.60. The van der Waals surface area contributed by atoms with E-state index in [9.17, 15) is 0 Å². The van der Waals surface area contributed by atoms with Gasteiger partial charge in [0.25, 0.3) is 0 Å². The molecule has 4 nitrogen and oxygen atoms in total. The van der Waals surface area contributed by atoms with Gasteiger partial charge < -0.3 is 9.30 Å². The van der Waals surface area contributed by atoms with Gasteiger partial charge in [0.15, 0.2) is 11.0 Å². The Hall–Kier alpha value is -1.07. The Bertz CT molecular complexity index is 335. The van der Waals surface area contributed by atoms with E-state index in [4.69, 9.17) is 4.74 Å². The molecule has 0 unspecified atom stereocenters. The molecule has 0 fully saturated rings. The van der Waals surface area contributed by atoms with Gasteiger partial charge in [-0.3, -0.25) is 0 Å². The van der Waals surface area contributed by atoms with Crippen LogP contribution in [0.2, 0.25) is 0 Å². The molecule has 82 valence electrons. The van der Waals surface area contributed by atoms with Crippen molar-refractivity contribution in [3.63, 3.8) is 0 Å². The predicted octanol–water partition coefficient (Wildman–Crippen LogP) is 1.89. The van der Waals surface area contributed by atoms with Gasteiger partial charge in [-0.2, -0.15) is 0 Å². The molecule has 1 heterocycles. The molecule has 0 bridgehead atoms. The number of hydrogen-bond donors (Lipinski definition) is 0. The van der Waals surface area contributed by atoms with Crippen molar-refractivity contribution in [2.75, 3.05) is 12.9 Å². The van der Waals surface area contributed by atoms with E-state index in [0.29, 0.717) is 13.2 Å². The number of methoxy groups -OCH3 is 1. The Kier molecular flexibility index (Phi) is 5.14. The molecule has 0 atom stereocenters. The van der Waals surface area contributed by atoms with Crippen LogP contribution in [0.5, 0.6) is 0 Å². The Labute approximate surface area is 94.0 Å². The molecule has 1 aromatic heterocycles. The Morgan fingerprint density at radius 1 is 1.40 bits per heavy atom. The van der Waals surface area contributed by atoms with Crippen molar-refractivity contribution in [1.29, 1.82) is 0 Å². The number of thioether (sulfide) groups is 1. The van der Waals surface area contributed by atoms with Crippen LogP contribution in [0.15, 0.2) is 30.5 Å². The fraction of sp³-hybridized carbons (Fsp3) is 0.400. The zero-order chi connectivity index (χ0) is 11.1. The summed E-state index contributed by atoms with van der Waals surface area (Å²) in [5.74, 6) is 1.64. The first kappa shape index (κ1) is 12.0. The summed E-state index contributed by atoms with van der Waals surface area (Å²) in [6.07, 6.45) is 3.66. The molecule has 0 aliphatic rings. The van der Waals surface area contributed by atoms with E-state index in [1.165, 1.54) is 0 Å². The first-order chi connectivity index (χ1) is 7.33. The number of allylic oxidation sites excluding steroid dienone is 1. The van der Waals surface area contributed by atoms with Crippen LogP contribution in [-0.4, -0.2) is 27.6 Å². The van der Waals surface area contributed by atoms with Crippen molar-refractivity contribution in [2.24, 2.45) is 0 Å². The molecule has 1 aromatic rings. The maximum Gasteiger partial charge on any atom is 0.191 e. The van der Waals surface area contributed by atoms with Crippen molar-refractivity contribution in [2.45, 2.75) is 18.3 Å². The zero-order valence-electron chi connectivity index (χ0n) is 8.85. The van der Waals surface area contributed by atoms with Crippen LogP contribution < -0.4 is 0 Å². The third-order valence-corrected chi connectivity index (χ3v) is 2.67. The van der Waals surface area contributed by atoms with Crippen LogP contribution in [0.1, 0.15) is 5.82 Å². The van der Waals surface area contributed by atoms with E-state index >= 15 is 0 Å². The van der Waals surface area contributed by atoms with Crippen LogP contribution >= 0.6 is 11.8 Å². The van der Waals surface area contributed by atoms with Gasteiger partial charge in [-0.05, 0) is 0 Å². The maximum absolute atomic E-state index is 5.05. The lowest BCUT2D eigenvalue weighted by Gasteiger charge is -2.05. The smallest absolute Gasteiger partial charge is 0.191 e. The number of ether oxygens (including phenoxy) is 1. The Morgan fingerprint density at radius 2 is 2.20 bits per heavy atom. The summed E-state index contributed by atoms with van der Waals surface area (Å²) in [5.41, 5.74) is 0. The number of hydrogen-bond acceptors (Lipinski definition) is 4. The Balaban J connectivity index is 2.83. The lowest BCUT2D eigenvalue weighted by Crippen LogP contribution is -2.04. The standard InChI is InChI=1S/C10H15N3OS/c1-4-6-13-9(8-14-3)11-12-10(13)15-7-5-2/h4-5H,1-2,6-8H2,3H3. The SMILES string of the molecule is C=CCSc1nnc(COC)n1CC=C. The van der Waals surface area contributed by atoms with Crippen LogP contribution in [0.3, 0.4) is 0 Å². The van der Waals surface area contributed by atoms with Gasteiger partial charge in [0.1, 0.15) is 6.61 Å². The summed E-state index contributed by atoms with van der Waals surface area (Å²) in [7, 11) is 1.64. The molecule has 0 radical (unpaired) electrons. The van der Waals surface area contributed by atoms with E-state index in [1.807, 2.05) is 16.7 Å². The van der Waals surface area contributed by atoms with Gasteiger partial charge in [-0.1, -0.05) is 23.9 Å². The second-order valence-electron chi connectivity index (χ2n) is 2.83. The highest BCUT2D eigenvalue weighted by Crippen LogP contribution is 2.17. The summed E-state index contributed by atoms with van der Waals surface area (Å²) in [6, 6.07) is 0. The third kappa shape index (κ3) is 3.21. The van der Waals surface area contributed by atoms with E-state index in [0.717, 1.165) is 16.7 Å². The van der Waals surface area contributed by atoms with E-state index < -0.39 is 0 Å². The van der Waals surface area contributed by atoms with Crippen molar-refractivity contribution in [1.82, 2.24) is 14.8 Å². The van der Waals surface area contributed by atoms with Gasteiger partial charge in [0.05, 0.1) is 0 Å². The van der Waals surface area contributed by atoms with Gasteiger partial charge in [-0.15, -0.1) is 23.4 Å². The second kappa shape index (κ2) is 6.42. The topological polar surface area (TPSA) is 39.9 Å². The molecule has 0 aliphatic heterocycles. The Morgan fingerprint density at radius 3 is 2.80 bits per heavy atom. The first-order valence-corrected chi connectivity index (χ1v) is 5.57. The second-order valence-corrected chi connectivity index (χ2v) is 3.82. The molecule has 5 heteroatoms. The third-order valence-electron chi connectivity index (χ3n) is 1.71. The lowest BCUT2D eigenvalue weighted by molar-refractivity contribution is 0.174. The number of rotatable bonds is 7. The van der Waals surface area contributed by atoms with E-state index in [1.54, 1.807) is 18.9 Å². The maximum atomic E-state index is 5.05. The van der Waals surface area contributed by atoms with Crippen LogP contribution in [-0.2, 0) is 17.9 Å². The minimum absolute atomic E-state index is 0.468. The molecule has 15 heavy (non-hydrogen) atoms. The average Bonchev–Trinajstić information content (AvgIpc) is 2.60. The predicted molar refractivity (Wildman–Crippen MR) is 61.9 cm³/mol. The molecule has 0 N–H and O–H groups in total. The van der Waals surface area contributed by atoms with Gasteiger partial charge in [0.2, 0.25) is 0 Å². The van der Waals surface area contributed by atoms with Gasteiger partial charge in [0, 0.05) is 19.4 Å². The van der Waals surface area contributed by atoms with E-state index in [2.05, 4.69) is 23.4 Å². The molecule has 1 rings (SSSR count). The van der Waals surface area contributed by atoms with Gasteiger partial charge >= 0.3 is 0 Å². The summed E-state index contributed by atoms with van der Waals surface area (Å²) in [5, 5.41) is 9.03. The van der Waals surface area contributed by atoms with Gasteiger partial charge in [-0.25, -0.2) is 0 Å².